The summed E-state index contributed by atoms with van der Waals surface area (Å²) in [5.41, 5.74) is 1.78. The number of aliphatic hydroxyl groups is 1. The van der Waals surface area contributed by atoms with Gasteiger partial charge in [-0.1, -0.05) is 31.2 Å². The topological polar surface area (TPSA) is 79.7 Å². The molecule has 2 aromatic carbocycles. The Hall–Kier alpha value is -4.00. The van der Waals surface area contributed by atoms with Gasteiger partial charge in [0, 0.05) is 30.1 Å². The summed E-state index contributed by atoms with van der Waals surface area (Å²) in [7, 11) is 0. The Morgan fingerprint density at radius 2 is 1.94 bits per heavy atom. The van der Waals surface area contributed by atoms with Crippen LogP contribution in [0.5, 0.6) is 5.75 Å². The quantitative estimate of drug-likeness (QED) is 0.307. The van der Waals surface area contributed by atoms with Gasteiger partial charge in [0.05, 0.1) is 18.2 Å². The Morgan fingerprint density at radius 3 is 2.62 bits per heavy atom. The maximum Gasteiger partial charge on any atom is 0.295 e. The number of benzene rings is 2. The standard InChI is InChI=1S/C27H25FN2O4/c1-3-13-34-22-11-10-19(14-17(22)2)25(31)23-24(20-8-4-5-9-21(20)28)30(27(33)26(23)32)16-18-7-6-12-29-15-18/h4-12,14-15,24,31H,3,13,16H2,1-2H3/t24-/m1/s1. The second-order valence-corrected chi connectivity index (χ2v) is 8.14. The lowest BCUT2D eigenvalue weighted by Gasteiger charge is -2.25. The Labute approximate surface area is 197 Å². The molecule has 0 saturated carbocycles. The van der Waals surface area contributed by atoms with Gasteiger partial charge < -0.3 is 14.7 Å². The third kappa shape index (κ3) is 4.41. The molecular weight excluding hydrogens is 435 g/mol. The predicted octanol–water partition coefficient (Wildman–Crippen LogP) is 4.94. The number of aliphatic hydroxyl groups excluding tert-OH is 1. The van der Waals surface area contributed by atoms with Gasteiger partial charge in [0.15, 0.2) is 0 Å². The van der Waals surface area contributed by atoms with E-state index in [-0.39, 0.29) is 23.4 Å². The van der Waals surface area contributed by atoms with Gasteiger partial charge in [-0.25, -0.2) is 4.39 Å². The summed E-state index contributed by atoms with van der Waals surface area (Å²) in [5.74, 6) is -1.93. The summed E-state index contributed by atoms with van der Waals surface area (Å²) in [6, 6.07) is 13.4. The number of Topliss-reactive ketones (excluding diaryl/α,β-unsaturated/α-hetero) is 1. The van der Waals surface area contributed by atoms with Crippen LogP contribution in [0, 0.1) is 12.7 Å². The number of halogens is 1. The van der Waals surface area contributed by atoms with Crippen LogP contribution in [0.15, 0.2) is 72.6 Å². The van der Waals surface area contributed by atoms with Crippen molar-refractivity contribution in [3.05, 3.63) is 101 Å². The molecule has 1 aliphatic heterocycles. The molecule has 4 rings (SSSR count). The van der Waals surface area contributed by atoms with Crippen LogP contribution in [-0.4, -0.2) is 33.3 Å². The van der Waals surface area contributed by atoms with Gasteiger partial charge in [-0.15, -0.1) is 0 Å². The van der Waals surface area contributed by atoms with Crippen molar-refractivity contribution in [1.29, 1.82) is 0 Å². The summed E-state index contributed by atoms with van der Waals surface area (Å²) in [4.78, 5) is 31.5. The molecule has 0 unspecified atom stereocenters. The number of amides is 1. The molecule has 2 heterocycles. The van der Waals surface area contributed by atoms with E-state index in [0.29, 0.717) is 23.5 Å². The molecule has 1 N–H and O–H groups in total. The first-order chi connectivity index (χ1) is 16.4. The number of ether oxygens (including phenoxy) is 1. The van der Waals surface area contributed by atoms with E-state index in [9.17, 15) is 19.1 Å². The highest BCUT2D eigenvalue weighted by atomic mass is 19.1. The number of hydrogen-bond donors (Lipinski definition) is 1. The highest BCUT2D eigenvalue weighted by Gasteiger charge is 2.47. The molecule has 0 aliphatic carbocycles. The maximum absolute atomic E-state index is 14.9. The average Bonchev–Trinajstić information content (AvgIpc) is 3.08. The second-order valence-electron chi connectivity index (χ2n) is 8.14. The summed E-state index contributed by atoms with van der Waals surface area (Å²) in [6.07, 6.45) is 4.03. The third-order valence-electron chi connectivity index (χ3n) is 5.73. The minimum atomic E-state index is -1.09. The molecule has 7 heteroatoms. The first-order valence-electron chi connectivity index (χ1n) is 11.1. The van der Waals surface area contributed by atoms with E-state index in [1.54, 1.807) is 48.8 Å². The van der Waals surface area contributed by atoms with E-state index >= 15 is 0 Å². The first-order valence-corrected chi connectivity index (χ1v) is 11.1. The third-order valence-corrected chi connectivity index (χ3v) is 5.73. The lowest BCUT2D eigenvalue weighted by molar-refractivity contribution is -0.140. The molecule has 0 radical (unpaired) electrons. The van der Waals surface area contributed by atoms with Crippen molar-refractivity contribution in [3.63, 3.8) is 0 Å². The van der Waals surface area contributed by atoms with Gasteiger partial charge in [0.1, 0.15) is 17.3 Å². The predicted molar refractivity (Wildman–Crippen MR) is 125 cm³/mol. The zero-order valence-corrected chi connectivity index (χ0v) is 19.0. The number of ketones is 1. The van der Waals surface area contributed by atoms with Crippen molar-refractivity contribution in [1.82, 2.24) is 9.88 Å². The second kappa shape index (κ2) is 9.87. The Bertz CT molecular complexity index is 1260. The molecule has 1 fully saturated rings. The van der Waals surface area contributed by atoms with Crippen molar-refractivity contribution in [3.8, 4) is 5.75 Å². The number of carbonyl (C=O) groups is 2. The summed E-state index contributed by atoms with van der Waals surface area (Å²) < 4.78 is 20.6. The molecule has 6 nitrogen and oxygen atoms in total. The SMILES string of the molecule is CCCOc1ccc(C(O)=C2C(=O)C(=O)N(Cc3cccnc3)[C@@H]2c2ccccc2F)cc1C. The van der Waals surface area contributed by atoms with E-state index in [2.05, 4.69) is 4.98 Å². The minimum absolute atomic E-state index is 0.0387. The Balaban J connectivity index is 1.83. The van der Waals surface area contributed by atoms with Crippen LogP contribution in [0.4, 0.5) is 4.39 Å². The first kappa shape index (κ1) is 23.2. The van der Waals surface area contributed by atoms with E-state index in [0.717, 1.165) is 12.0 Å². The van der Waals surface area contributed by atoms with Crippen LogP contribution in [0.1, 0.15) is 41.6 Å². The number of pyridine rings is 1. The fraction of sp³-hybridized carbons (Fsp3) is 0.222. The molecule has 0 bridgehead atoms. The zero-order valence-electron chi connectivity index (χ0n) is 19.0. The van der Waals surface area contributed by atoms with Gasteiger partial charge in [-0.3, -0.25) is 14.6 Å². The number of aromatic nitrogens is 1. The summed E-state index contributed by atoms with van der Waals surface area (Å²) >= 11 is 0. The molecule has 174 valence electrons. The van der Waals surface area contributed by atoms with Gasteiger partial charge >= 0.3 is 0 Å². The molecule has 1 aliphatic rings. The molecule has 3 aromatic rings. The zero-order chi connectivity index (χ0) is 24.2. The number of hydrogen-bond acceptors (Lipinski definition) is 5. The average molecular weight is 461 g/mol. The highest BCUT2D eigenvalue weighted by molar-refractivity contribution is 6.46. The fourth-order valence-electron chi connectivity index (χ4n) is 4.08. The Morgan fingerprint density at radius 1 is 1.15 bits per heavy atom. The van der Waals surface area contributed by atoms with E-state index in [4.69, 9.17) is 4.74 Å². The highest BCUT2D eigenvalue weighted by Crippen LogP contribution is 2.41. The fourth-order valence-corrected chi connectivity index (χ4v) is 4.08. The van der Waals surface area contributed by atoms with Crippen LogP contribution < -0.4 is 4.74 Å². The molecule has 1 atom stereocenters. The van der Waals surface area contributed by atoms with Gasteiger partial charge in [0.25, 0.3) is 11.7 Å². The van der Waals surface area contributed by atoms with Crippen molar-refractivity contribution in [2.75, 3.05) is 6.61 Å². The minimum Gasteiger partial charge on any atom is -0.507 e. The number of rotatable bonds is 7. The number of aryl methyl sites for hydroxylation is 1. The number of likely N-dealkylation sites (tertiary alicyclic amines) is 1. The molecule has 1 aromatic heterocycles. The van der Waals surface area contributed by atoms with Crippen LogP contribution >= 0.6 is 0 Å². The monoisotopic (exact) mass is 460 g/mol. The molecular formula is C27H25FN2O4. The largest absolute Gasteiger partial charge is 0.507 e. The normalized spacial score (nSPS) is 17.3. The van der Waals surface area contributed by atoms with Crippen LogP contribution in [0.25, 0.3) is 5.76 Å². The van der Waals surface area contributed by atoms with Crippen molar-refractivity contribution in [2.24, 2.45) is 0 Å². The molecule has 1 amide bonds. The van der Waals surface area contributed by atoms with Crippen LogP contribution in [0.2, 0.25) is 0 Å². The van der Waals surface area contributed by atoms with E-state index < -0.39 is 23.5 Å². The van der Waals surface area contributed by atoms with Gasteiger partial charge in [-0.05, 0) is 54.8 Å². The van der Waals surface area contributed by atoms with E-state index in [1.165, 1.54) is 23.1 Å². The summed E-state index contributed by atoms with van der Waals surface area (Å²) in [6.45, 7) is 4.43. The molecule has 0 spiro atoms. The van der Waals surface area contributed by atoms with Crippen molar-refractivity contribution < 1.29 is 23.8 Å². The van der Waals surface area contributed by atoms with Crippen LogP contribution in [0.3, 0.4) is 0 Å². The number of nitrogens with zero attached hydrogens (tertiary/aromatic N) is 2. The van der Waals surface area contributed by atoms with Crippen LogP contribution in [-0.2, 0) is 16.1 Å². The summed E-state index contributed by atoms with van der Waals surface area (Å²) in [5, 5.41) is 11.2. The lowest BCUT2D eigenvalue weighted by atomic mass is 9.94. The van der Waals surface area contributed by atoms with Gasteiger partial charge in [-0.2, -0.15) is 0 Å². The van der Waals surface area contributed by atoms with Gasteiger partial charge in [0.2, 0.25) is 0 Å². The van der Waals surface area contributed by atoms with Crippen molar-refractivity contribution in [2.45, 2.75) is 32.9 Å². The smallest absolute Gasteiger partial charge is 0.295 e. The molecule has 34 heavy (non-hydrogen) atoms. The molecule has 1 saturated heterocycles. The Kier molecular flexibility index (Phi) is 6.72. The van der Waals surface area contributed by atoms with E-state index in [1.807, 2.05) is 13.8 Å². The lowest BCUT2D eigenvalue weighted by Crippen LogP contribution is -2.29. The maximum atomic E-state index is 14.9. The van der Waals surface area contributed by atoms with Crippen molar-refractivity contribution >= 4 is 17.4 Å². The number of carbonyl (C=O) groups excluding carboxylic acids is 2.